The number of aliphatic carboxylic acids is 1. The molecule has 0 saturated carbocycles. The largest absolute Gasteiger partial charge is 0.493 e. The van der Waals surface area contributed by atoms with Gasteiger partial charge in [0.1, 0.15) is 16.8 Å². The number of nitrogens with zero attached hydrogens (tertiary/aromatic N) is 2. The van der Waals surface area contributed by atoms with Gasteiger partial charge in [0.2, 0.25) is 21.8 Å². The zero-order valence-electron chi connectivity index (χ0n) is 22.6. The molecule has 0 unspecified atom stereocenters. The van der Waals surface area contributed by atoms with E-state index < -0.39 is 57.0 Å². The van der Waals surface area contributed by atoms with Gasteiger partial charge in [-0.2, -0.15) is 4.72 Å². The Morgan fingerprint density at radius 3 is 2.50 bits per heavy atom. The second-order valence-corrected chi connectivity index (χ2v) is 13.3. The first-order chi connectivity index (χ1) is 19.9. The number of piperidine rings is 2. The predicted octanol–water partition coefficient (Wildman–Crippen LogP) is 2.47. The van der Waals surface area contributed by atoms with E-state index in [1.807, 2.05) is 0 Å². The van der Waals surface area contributed by atoms with Gasteiger partial charge in [0.25, 0.3) is 5.91 Å². The van der Waals surface area contributed by atoms with Crippen LogP contribution in [0.2, 0.25) is 4.34 Å². The molecule has 3 heterocycles. The van der Waals surface area contributed by atoms with Crippen LogP contribution in [0.5, 0.6) is 5.75 Å². The number of halogens is 2. The summed E-state index contributed by atoms with van der Waals surface area (Å²) < 4.78 is 50.2. The lowest BCUT2D eigenvalue weighted by atomic mass is 9.96. The molecular weight excluding hydrogens is 615 g/mol. The molecule has 16 heteroatoms. The van der Waals surface area contributed by atoms with Gasteiger partial charge in [0.05, 0.1) is 27.9 Å². The third-order valence-electron chi connectivity index (χ3n) is 7.12. The van der Waals surface area contributed by atoms with Gasteiger partial charge in [0, 0.05) is 38.7 Å². The van der Waals surface area contributed by atoms with Crippen LogP contribution < -0.4 is 19.7 Å². The number of carbonyl (C=O) groups excluding carboxylic acids is 3. The van der Waals surface area contributed by atoms with Crippen molar-refractivity contribution < 1.29 is 41.8 Å². The number of hydrogen-bond acceptors (Lipinski definition) is 8. The average Bonchev–Trinajstić information content (AvgIpc) is 3.40. The van der Waals surface area contributed by atoms with Crippen LogP contribution in [0.4, 0.5) is 10.1 Å². The van der Waals surface area contributed by atoms with Gasteiger partial charge in [-0.15, -0.1) is 11.3 Å². The highest BCUT2D eigenvalue weighted by Crippen LogP contribution is 2.38. The van der Waals surface area contributed by atoms with Crippen LogP contribution >= 0.6 is 22.9 Å². The number of carboxylic acids is 1. The molecular formula is C26H30ClFN4O8S2. The molecule has 42 heavy (non-hydrogen) atoms. The average molecular weight is 645 g/mol. The van der Waals surface area contributed by atoms with E-state index in [0.29, 0.717) is 17.2 Å². The maximum atomic E-state index is 14.8. The number of methoxy groups -OCH3 is 1. The van der Waals surface area contributed by atoms with Crippen LogP contribution in [0.25, 0.3) is 0 Å². The molecule has 228 valence electrons. The number of ether oxygens (including phenoxy) is 1. The molecule has 3 amide bonds. The lowest BCUT2D eigenvalue weighted by Crippen LogP contribution is -2.55. The van der Waals surface area contributed by atoms with Crippen LogP contribution in [-0.2, 0) is 24.4 Å². The van der Waals surface area contributed by atoms with Crippen LogP contribution in [0.1, 0.15) is 41.8 Å². The predicted molar refractivity (Wildman–Crippen MR) is 152 cm³/mol. The highest BCUT2D eigenvalue weighted by Gasteiger charge is 2.36. The fourth-order valence-electron chi connectivity index (χ4n) is 4.94. The van der Waals surface area contributed by atoms with Gasteiger partial charge < -0.3 is 25.0 Å². The Morgan fingerprint density at radius 1 is 1.19 bits per heavy atom. The second kappa shape index (κ2) is 13.4. The molecule has 12 nitrogen and oxygen atoms in total. The molecule has 0 spiro atoms. The normalized spacial score (nSPS) is 17.2. The summed E-state index contributed by atoms with van der Waals surface area (Å²) in [6.45, 7) is -0.0991. The lowest BCUT2D eigenvalue weighted by molar-refractivity contribution is -0.146. The van der Waals surface area contributed by atoms with E-state index in [9.17, 15) is 37.1 Å². The first kappa shape index (κ1) is 31.7. The summed E-state index contributed by atoms with van der Waals surface area (Å²) in [5, 5.41) is 11.8. The van der Waals surface area contributed by atoms with E-state index >= 15 is 0 Å². The Morgan fingerprint density at radius 2 is 1.90 bits per heavy atom. The van der Waals surface area contributed by atoms with E-state index in [2.05, 4.69) is 10.0 Å². The molecule has 0 radical (unpaired) electrons. The second-order valence-electron chi connectivity index (χ2n) is 9.88. The molecule has 0 bridgehead atoms. The number of rotatable bonds is 10. The van der Waals surface area contributed by atoms with Crippen molar-refractivity contribution in [2.45, 2.75) is 43.0 Å². The number of hydrogen-bond donors (Lipinski definition) is 3. The summed E-state index contributed by atoms with van der Waals surface area (Å²) in [7, 11) is -3.50. The first-order valence-electron chi connectivity index (χ1n) is 13.2. The maximum absolute atomic E-state index is 14.8. The van der Waals surface area contributed by atoms with Crippen molar-refractivity contribution in [2.24, 2.45) is 5.92 Å². The molecule has 2 fully saturated rings. The van der Waals surface area contributed by atoms with Crippen molar-refractivity contribution in [1.82, 2.24) is 14.9 Å². The first-order valence-corrected chi connectivity index (χ1v) is 15.8. The highest BCUT2D eigenvalue weighted by molar-refractivity contribution is 7.89. The Labute approximate surface area is 250 Å². The number of carboxylic acid groups (broad SMARTS) is 1. The summed E-state index contributed by atoms with van der Waals surface area (Å²) in [4.78, 5) is 52.3. The van der Waals surface area contributed by atoms with Gasteiger partial charge >= 0.3 is 5.97 Å². The monoisotopic (exact) mass is 644 g/mol. The van der Waals surface area contributed by atoms with Crippen LogP contribution in [-0.4, -0.2) is 81.4 Å². The number of sulfonamides is 1. The minimum Gasteiger partial charge on any atom is -0.493 e. The Hall–Kier alpha value is -3.27. The van der Waals surface area contributed by atoms with Crippen molar-refractivity contribution in [3.05, 3.63) is 39.3 Å². The standard InChI is InChI=1S/C26H30ClFN4O8S2/c1-40-23-18(32-9-3-2-4-22(32)33)12-16(28)13-20(23)42(38,39)30-17(14-29-24(34)19-5-6-21(27)41-19)25(35)31-10-7-15(8-11-31)26(36)37/h5-6,12-13,15,17,30H,2-4,7-11,14H2,1H3,(H,29,34)(H,36,37)/t17-/m0/s1. The summed E-state index contributed by atoms with van der Waals surface area (Å²) in [5.41, 5.74) is -0.0518. The number of anilines is 1. The van der Waals surface area contributed by atoms with Gasteiger partial charge in [-0.3, -0.25) is 19.2 Å². The fraction of sp³-hybridized carbons (Fsp3) is 0.462. The molecule has 1 aromatic heterocycles. The molecule has 4 rings (SSSR count). The van der Waals surface area contributed by atoms with Crippen LogP contribution in [0.15, 0.2) is 29.2 Å². The summed E-state index contributed by atoms with van der Waals surface area (Å²) >= 11 is 6.90. The van der Waals surface area contributed by atoms with Gasteiger partial charge in [-0.05, 0) is 43.9 Å². The highest BCUT2D eigenvalue weighted by atomic mass is 35.5. The molecule has 2 saturated heterocycles. The third-order valence-corrected chi connectivity index (χ3v) is 9.83. The van der Waals surface area contributed by atoms with Gasteiger partial charge in [-0.1, -0.05) is 11.6 Å². The van der Waals surface area contributed by atoms with Gasteiger partial charge in [0.15, 0.2) is 5.75 Å². The summed E-state index contributed by atoms with van der Waals surface area (Å²) in [6.07, 6.45) is 1.84. The Balaban J connectivity index is 1.63. The summed E-state index contributed by atoms with van der Waals surface area (Å²) in [6, 6.07) is 3.19. The summed E-state index contributed by atoms with van der Waals surface area (Å²) in [5.74, 6) is -4.44. The van der Waals surface area contributed by atoms with Crippen LogP contribution in [0, 0.1) is 11.7 Å². The van der Waals surface area contributed by atoms with E-state index in [1.54, 1.807) is 0 Å². The van der Waals surface area contributed by atoms with E-state index in [4.69, 9.17) is 16.3 Å². The quantitative estimate of drug-likeness (QED) is 0.355. The topological polar surface area (TPSA) is 162 Å². The maximum Gasteiger partial charge on any atom is 0.306 e. The SMILES string of the molecule is COc1c(N2CCCCC2=O)cc(F)cc1S(=O)(=O)N[C@@H](CNC(=O)c1ccc(Cl)s1)C(=O)N1CCC(C(=O)O)CC1. The molecule has 2 aliphatic rings. The number of benzene rings is 1. The van der Waals surface area contributed by atoms with Crippen molar-refractivity contribution in [1.29, 1.82) is 0 Å². The van der Waals surface area contributed by atoms with Crippen LogP contribution in [0.3, 0.4) is 0 Å². The molecule has 3 N–H and O–H groups in total. The van der Waals surface area contributed by atoms with Gasteiger partial charge in [-0.25, -0.2) is 12.8 Å². The van der Waals surface area contributed by atoms with E-state index in [1.165, 1.54) is 29.0 Å². The van der Waals surface area contributed by atoms with E-state index in [0.717, 1.165) is 23.5 Å². The fourth-order valence-corrected chi connectivity index (χ4v) is 7.28. The Kier molecular flexibility index (Phi) is 10.1. The molecule has 1 atom stereocenters. The lowest BCUT2D eigenvalue weighted by Gasteiger charge is -2.33. The molecule has 1 aromatic carbocycles. The Bertz CT molecular complexity index is 1480. The number of thiophene rings is 1. The third kappa shape index (κ3) is 7.19. The van der Waals surface area contributed by atoms with Crippen molar-refractivity contribution >= 4 is 62.3 Å². The zero-order chi connectivity index (χ0) is 30.6. The van der Waals surface area contributed by atoms with Crippen molar-refractivity contribution in [3.63, 3.8) is 0 Å². The minimum atomic E-state index is -4.68. The molecule has 2 aromatic rings. The van der Waals surface area contributed by atoms with Crippen molar-refractivity contribution in [3.8, 4) is 5.75 Å². The molecule has 2 aliphatic heterocycles. The number of likely N-dealkylation sites (tertiary alicyclic amines) is 1. The van der Waals surface area contributed by atoms with Crippen molar-refractivity contribution in [2.75, 3.05) is 38.2 Å². The van der Waals surface area contributed by atoms with E-state index in [-0.39, 0.29) is 61.1 Å². The number of amides is 3. The molecule has 0 aliphatic carbocycles. The number of nitrogens with one attached hydrogen (secondary N) is 2. The minimum absolute atomic E-state index is 0.0518. The smallest absolute Gasteiger partial charge is 0.306 e. The number of carbonyl (C=O) groups is 4. The zero-order valence-corrected chi connectivity index (χ0v) is 25.0.